The molecule has 1 aromatic carbocycles. The summed E-state index contributed by atoms with van der Waals surface area (Å²) in [5.74, 6) is 0.746. The van der Waals surface area contributed by atoms with Crippen molar-refractivity contribution in [3.05, 3.63) is 81.9 Å². The summed E-state index contributed by atoms with van der Waals surface area (Å²) in [4.78, 5) is 30.5. The number of halogens is 1. The van der Waals surface area contributed by atoms with Crippen LogP contribution < -0.4 is 4.90 Å². The van der Waals surface area contributed by atoms with Crippen LogP contribution in [0.3, 0.4) is 0 Å². The van der Waals surface area contributed by atoms with Gasteiger partial charge in [0, 0.05) is 55.7 Å². The summed E-state index contributed by atoms with van der Waals surface area (Å²) < 4.78 is 0. The van der Waals surface area contributed by atoms with E-state index in [0.29, 0.717) is 18.2 Å². The number of amides is 1. The Kier molecular flexibility index (Phi) is 6.70. The first-order valence-electron chi connectivity index (χ1n) is 10.9. The highest BCUT2D eigenvalue weighted by Gasteiger charge is 2.27. The number of nitrogens with zero attached hydrogens (tertiary/aromatic N) is 5. The van der Waals surface area contributed by atoms with Gasteiger partial charge in [-0.2, -0.15) is 0 Å². The van der Waals surface area contributed by atoms with Crippen molar-refractivity contribution in [2.45, 2.75) is 32.1 Å². The van der Waals surface area contributed by atoms with Crippen molar-refractivity contribution in [3.8, 4) is 0 Å². The van der Waals surface area contributed by atoms with Crippen molar-refractivity contribution >= 4 is 23.5 Å². The molecule has 6 nitrogen and oxygen atoms in total. The molecule has 1 saturated heterocycles. The van der Waals surface area contributed by atoms with Crippen molar-refractivity contribution in [2.24, 2.45) is 0 Å². The van der Waals surface area contributed by atoms with Gasteiger partial charge in [0.25, 0.3) is 5.91 Å². The van der Waals surface area contributed by atoms with Crippen LogP contribution in [0.15, 0.2) is 48.7 Å². The first-order chi connectivity index (χ1) is 15.4. The average molecular weight is 450 g/mol. The molecule has 0 spiro atoms. The molecule has 2 aromatic heterocycles. The van der Waals surface area contributed by atoms with Crippen LogP contribution >= 0.6 is 11.6 Å². The summed E-state index contributed by atoms with van der Waals surface area (Å²) in [6.07, 6.45) is 4.75. The summed E-state index contributed by atoms with van der Waals surface area (Å²) in [5.41, 5.74) is 4.64. The van der Waals surface area contributed by atoms with Crippen molar-refractivity contribution in [1.82, 2.24) is 19.9 Å². The first-order valence-corrected chi connectivity index (χ1v) is 11.3. The van der Waals surface area contributed by atoms with E-state index in [4.69, 9.17) is 16.6 Å². The number of aryl methyl sites for hydroxylation is 1. The molecule has 1 fully saturated rings. The van der Waals surface area contributed by atoms with Gasteiger partial charge in [-0.25, -0.2) is 9.97 Å². The Balaban J connectivity index is 1.44. The molecule has 1 aliphatic rings. The highest BCUT2D eigenvalue weighted by Crippen LogP contribution is 2.27. The summed E-state index contributed by atoms with van der Waals surface area (Å²) >= 11 is 5.97. The van der Waals surface area contributed by atoms with Crippen LogP contribution in [0.5, 0.6) is 0 Å². The number of likely N-dealkylation sites (tertiary alicyclic amines) is 1. The minimum Gasteiger partial charge on any atom is -0.347 e. The standard InChI is InChI=1S/C25H28ClN5O/c1-17-13-23(29-25(28-17)30(2)3)24(32)31-12-4-5-20(16-31)22-11-8-19(15-27-22)14-18-6-9-21(26)10-7-18/h6-11,13,15,20H,4-5,12,14,16H2,1-3H3. The fourth-order valence-corrected chi connectivity index (χ4v) is 4.17. The maximum absolute atomic E-state index is 13.2. The average Bonchev–Trinajstić information content (AvgIpc) is 2.80. The molecule has 0 aliphatic carbocycles. The van der Waals surface area contributed by atoms with E-state index in [2.05, 4.69) is 22.1 Å². The van der Waals surface area contributed by atoms with E-state index in [-0.39, 0.29) is 11.8 Å². The summed E-state index contributed by atoms with van der Waals surface area (Å²) in [6.45, 7) is 3.28. The van der Waals surface area contributed by atoms with Gasteiger partial charge in [0.1, 0.15) is 5.69 Å². The molecule has 7 heteroatoms. The Hall–Kier alpha value is -2.99. The third-order valence-electron chi connectivity index (χ3n) is 5.76. The van der Waals surface area contributed by atoms with Crippen molar-refractivity contribution in [3.63, 3.8) is 0 Å². The Morgan fingerprint density at radius 3 is 2.56 bits per heavy atom. The Labute approximate surface area is 194 Å². The lowest BCUT2D eigenvalue weighted by atomic mass is 9.93. The predicted molar refractivity (Wildman–Crippen MR) is 127 cm³/mol. The van der Waals surface area contributed by atoms with Crippen LogP contribution in [-0.2, 0) is 6.42 Å². The number of piperidine rings is 1. The van der Waals surface area contributed by atoms with Crippen molar-refractivity contribution in [2.75, 3.05) is 32.1 Å². The Bertz CT molecular complexity index is 1080. The van der Waals surface area contributed by atoms with Gasteiger partial charge in [-0.05, 0) is 61.6 Å². The fourth-order valence-electron chi connectivity index (χ4n) is 4.05. The highest BCUT2D eigenvalue weighted by atomic mass is 35.5. The van der Waals surface area contributed by atoms with E-state index in [9.17, 15) is 4.79 Å². The normalized spacial score (nSPS) is 16.1. The number of carbonyl (C=O) groups excluding carboxylic acids is 1. The molecular formula is C25H28ClN5O. The molecule has 166 valence electrons. The Morgan fingerprint density at radius 1 is 1.12 bits per heavy atom. The maximum Gasteiger partial charge on any atom is 0.272 e. The molecule has 32 heavy (non-hydrogen) atoms. The number of aromatic nitrogens is 3. The minimum atomic E-state index is -0.0392. The third-order valence-corrected chi connectivity index (χ3v) is 6.01. The van der Waals surface area contributed by atoms with Crippen LogP contribution in [0.1, 0.15) is 51.8 Å². The number of anilines is 1. The highest BCUT2D eigenvalue weighted by molar-refractivity contribution is 6.30. The molecular weight excluding hydrogens is 422 g/mol. The van der Waals surface area contributed by atoms with E-state index >= 15 is 0 Å². The second-order valence-corrected chi connectivity index (χ2v) is 9.01. The second kappa shape index (κ2) is 9.65. The number of carbonyl (C=O) groups is 1. The number of rotatable bonds is 5. The second-order valence-electron chi connectivity index (χ2n) is 8.57. The van der Waals surface area contributed by atoms with E-state index in [1.54, 1.807) is 6.07 Å². The monoisotopic (exact) mass is 449 g/mol. The lowest BCUT2D eigenvalue weighted by Gasteiger charge is -2.32. The molecule has 1 unspecified atom stereocenters. The smallest absolute Gasteiger partial charge is 0.272 e. The van der Waals surface area contributed by atoms with E-state index in [0.717, 1.165) is 47.8 Å². The molecule has 3 heterocycles. The first kappa shape index (κ1) is 22.2. The van der Waals surface area contributed by atoms with Crippen LogP contribution in [0, 0.1) is 6.92 Å². The van der Waals surface area contributed by atoms with Crippen LogP contribution in [-0.4, -0.2) is 52.9 Å². The van der Waals surface area contributed by atoms with Crippen LogP contribution in [0.2, 0.25) is 5.02 Å². The summed E-state index contributed by atoms with van der Waals surface area (Å²) in [5, 5.41) is 0.744. The molecule has 0 bridgehead atoms. The maximum atomic E-state index is 13.2. The number of hydrogen-bond donors (Lipinski definition) is 0. The zero-order valence-electron chi connectivity index (χ0n) is 18.8. The molecule has 0 N–H and O–H groups in total. The summed E-state index contributed by atoms with van der Waals surface area (Å²) in [6, 6.07) is 13.9. The SMILES string of the molecule is Cc1cc(C(=O)N2CCCC(c3ccc(Cc4ccc(Cl)cc4)cn3)C2)nc(N(C)C)n1. The fraction of sp³-hybridized carbons (Fsp3) is 0.360. The van der Waals surface area contributed by atoms with Crippen LogP contribution in [0.25, 0.3) is 0 Å². The zero-order chi connectivity index (χ0) is 22.7. The number of hydrogen-bond acceptors (Lipinski definition) is 5. The number of benzene rings is 1. The van der Waals surface area contributed by atoms with Gasteiger partial charge in [0.05, 0.1) is 0 Å². The van der Waals surface area contributed by atoms with Gasteiger partial charge in [-0.3, -0.25) is 9.78 Å². The largest absolute Gasteiger partial charge is 0.347 e. The van der Waals surface area contributed by atoms with Gasteiger partial charge >= 0.3 is 0 Å². The van der Waals surface area contributed by atoms with E-state index < -0.39 is 0 Å². The lowest BCUT2D eigenvalue weighted by molar-refractivity contribution is 0.0699. The molecule has 1 aliphatic heterocycles. The van der Waals surface area contributed by atoms with Gasteiger partial charge in [-0.1, -0.05) is 29.8 Å². The van der Waals surface area contributed by atoms with Gasteiger partial charge in [0.2, 0.25) is 5.95 Å². The van der Waals surface area contributed by atoms with E-state index in [1.165, 1.54) is 5.56 Å². The quantitative estimate of drug-likeness (QED) is 0.573. The molecule has 0 saturated carbocycles. The molecule has 0 radical (unpaired) electrons. The predicted octanol–water partition coefficient (Wildman–Crippen LogP) is 4.51. The molecule has 1 atom stereocenters. The molecule has 3 aromatic rings. The van der Waals surface area contributed by atoms with Gasteiger partial charge < -0.3 is 9.80 Å². The topological polar surface area (TPSA) is 62.2 Å². The van der Waals surface area contributed by atoms with Crippen molar-refractivity contribution in [1.29, 1.82) is 0 Å². The zero-order valence-corrected chi connectivity index (χ0v) is 19.5. The lowest BCUT2D eigenvalue weighted by Crippen LogP contribution is -2.39. The third kappa shape index (κ3) is 5.25. The Morgan fingerprint density at radius 2 is 1.88 bits per heavy atom. The minimum absolute atomic E-state index is 0.0392. The van der Waals surface area contributed by atoms with E-state index in [1.807, 2.05) is 61.3 Å². The van der Waals surface area contributed by atoms with Crippen LogP contribution in [0.4, 0.5) is 5.95 Å². The van der Waals surface area contributed by atoms with Crippen molar-refractivity contribution < 1.29 is 4.79 Å². The molecule has 4 rings (SSSR count). The number of pyridine rings is 1. The summed E-state index contributed by atoms with van der Waals surface area (Å²) in [7, 11) is 3.75. The van der Waals surface area contributed by atoms with Gasteiger partial charge in [0.15, 0.2) is 0 Å². The van der Waals surface area contributed by atoms with Gasteiger partial charge in [-0.15, -0.1) is 0 Å². The molecule has 1 amide bonds.